The van der Waals surface area contributed by atoms with Crippen molar-refractivity contribution < 1.29 is 19.4 Å². The molecule has 0 spiro atoms. The number of hydrogen-bond donors (Lipinski definition) is 1. The molecule has 1 aromatic rings. The summed E-state index contributed by atoms with van der Waals surface area (Å²) in [5, 5.41) is 10.0. The second kappa shape index (κ2) is 8.32. The van der Waals surface area contributed by atoms with Crippen LogP contribution in [0.3, 0.4) is 0 Å². The molecule has 0 bridgehead atoms. The molecule has 130 valence electrons. The normalized spacial score (nSPS) is 21.7. The third kappa shape index (κ3) is 4.59. The van der Waals surface area contributed by atoms with Crippen LogP contribution in [0.5, 0.6) is 0 Å². The van der Waals surface area contributed by atoms with E-state index in [0.717, 1.165) is 24.8 Å². The Bertz CT molecular complexity index is 597. The quantitative estimate of drug-likeness (QED) is 0.666. The third-order valence-corrected chi connectivity index (χ3v) is 4.31. The zero-order chi connectivity index (χ0) is 17.6. The van der Waals surface area contributed by atoms with Gasteiger partial charge in [0.15, 0.2) is 0 Å². The molecule has 4 heteroatoms. The highest BCUT2D eigenvalue weighted by atomic mass is 16.5. The molecule has 4 nitrogen and oxygen atoms in total. The van der Waals surface area contributed by atoms with Gasteiger partial charge in [-0.05, 0) is 52.2 Å². The first-order valence-corrected chi connectivity index (χ1v) is 8.52. The molecule has 0 aliphatic heterocycles. The summed E-state index contributed by atoms with van der Waals surface area (Å²) >= 11 is 0. The highest BCUT2D eigenvalue weighted by molar-refractivity contribution is 5.77. The Hall–Kier alpha value is -1.83. The first kappa shape index (κ1) is 18.5. The Kier molecular flexibility index (Phi) is 6.42. The first-order chi connectivity index (χ1) is 11.4. The van der Waals surface area contributed by atoms with Crippen molar-refractivity contribution in [2.45, 2.75) is 58.3 Å². The van der Waals surface area contributed by atoms with Gasteiger partial charge in [-0.3, -0.25) is 4.79 Å². The van der Waals surface area contributed by atoms with Crippen molar-refractivity contribution in [3.63, 3.8) is 0 Å². The molecule has 24 heavy (non-hydrogen) atoms. The van der Waals surface area contributed by atoms with Gasteiger partial charge in [-0.2, -0.15) is 0 Å². The van der Waals surface area contributed by atoms with Crippen LogP contribution in [0.25, 0.3) is 0 Å². The number of rotatable bonds is 5. The van der Waals surface area contributed by atoms with Gasteiger partial charge >= 0.3 is 5.97 Å². The minimum atomic E-state index is -0.917. The number of benzene rings is 1. The number of carbonyl (C=O) groups excluding carboxylic acids is 1. The average Bonchev–Trinajstić information content (AvgIpc) is 2.97. The van der Waals surface area contributed by atoms with E-state index in [1.807, 2.05) is 30.3 Å². The number of aliphatic hydroxyl groups excluding tert-OH is 1. The van der Waals surface area contributed by atoms with Crippen LogP contribution < -0.4 is 0 Å². The minimum absolute atomic E-state index is 0.284. The van der Waals surface area contributed by atoms with Crippen LogP contribution in [0, 0.1) is 17.3 Å². The second-order valence-electron chi connectivity index (χ2n) is 6.63. The van der Waals surface area contributed by atoms with Crippen molar-refractivity contribution in [1.82, 2.24) is 0 Å². The fourth-order valence-electron chi connectivity index (χ4n) is 2.72. The summed E-state index contributed by atoms with van der Waals surface area (Å²) in [5.74, 6) is 5.81. The van der Waals surface area contributed by atoms with Crippen molar-refractivity contribution >= 4 is 5.97 Å². The van der Waals surface area contributed by atoms with Crippen molar-refractivity contribution in [2.75, 3.05) is 6.61 Å². The topological polar surface area (TPSA) is 55.8 Å². The first-order valence-electron chi connectivity index (χ1n) is 8.52. The molecule has 0 heterocycles. The maximum Gasteiger partial charge on any atom is 0.315 e. The van der Waals surface area contributed by atoms with Gasteiger partial charge in [0.05, 0.1) is 24.2 Å². The summed E-state index contributed by atoms with van der Waals surface area (Å²) in [6.07, 6.45) is 1.00. The molecule has 1 aromatic carbocycles. The Balaban J connectivity index is 2.23. The Morgan fingerprint density at radius 3 is 2.62 bits per heavy atom. The van der Waals surface area contributed by atoms with E-state index in [1.165, 1.54) is 0 Å². The summed E-state index contributed by atoms with van der Waals surface area (Å²) in [7, 11) is 0. The highest BCUT2D eigenvalue weighted by Crippen LogP contribution is 2.30. The van der Waals surface area contributed by atoms with E-state index in [9.17, 15) is 9.90 Å². The molecule has 1 saturated carbocycles. The minimum Gasteiger partial charge on any atom is -0.465 e. The molecule has 0 amide bonds. The maximum atomic E-state index is 12.3. The van der Waals surface area contributed by atoms with Crippen LogP contribution in [0.1, 0.15) is 45.6 Å². The summed E-state index contributed by atoms with van der Waals surface area (Å²) in [6, 6.07) is 9.57. The van der Waals surface area contributed by atoms with Gasteiger partial charge in [0, 0.05) is 5.56 Å². The lowest BCUT2D eigenvalue weighted by Gasteiger charge is -2.31. The van der Waals surface area contributed by atoms with Gasteiger partial charge in [-0.25, -0.2) is 0 Å². The monoisotopic (exact) mass is 330 g/mol. The van der Waals surface area contributed by atoms with E-state index in [-0.39, 0.29) is 12.1 Å². The lowest BCUT2D eigenvalue weighted by atomic mass is 9.86. The maximum absolute atomic E-state index is 12.3. The summed E-state index contributed by atoms with van der Waals surface area (Å²) in [5.41, 5.74) is -0.0576. The summed E-state index contributed by atoms with van der Waals surface area (Å²) < 4.78 is 11.2. The molecule has 1 aliphatic carbocycles. The lowest BCUT2D eigenvalue weighted by Crippen LogP contribution is -2.43. The summed E-state index contributed by atoms with van der Waals surface area (Å²) in [6.45, 7) is 5.64. The third-order valence-electron chi connectivity index (χ3n) is 4.31. The number of hydrogen-bond acceptors (Lipinski definition) is 4. The zero-order valence-corrected chi connectivity index (χ0v) is 14.6. The molecular formula is C20H26O4. The SMILES string of the molecule is CCOC(=O)C(C)(C)[C@@H](C#Cc1ccccc1)O[C@@H]1CCC[C@@H]1O. The molecule has 2 rings (SSSR count). The fourth-order valence-corrected chi connectivity index (χ4v) is 2.72. The number of esters is 1. The highest BCUT2D eigenvalue weighted by Gasteiger charge is 2.41. The number of carbonyl (C=O) groups is 1. The van der Waals surface area contributed by atoms with E-state index in [4.69, 9.17) is 9.47 Å². The van der Waals surface area contributed by atoms with Crippen LogP contribution in [0.15, 0.2) is 30.3 Å². The Labute approximate surface area is 144 Å². The van der Waals surface area contributed by atoms with Gasteiger partial charge in [0.25, 0.3) is 0 Å². The van der Waals surface area contributed by atoms with E-state index in [2.05, 4.69) is 11.8 Å². The largest absolute Gasteiger partial charge is 0.465 e. The van der Waals surface area contributed by atoms with Crippen molar-refractivity contribution in [1.29, 1.82) is 0 Å². The van der Waals surface area contributed by atoms with Crippen LogP contribution in [-0.2, 0) is 14.3 Å². The molecule has 1 aliphatic rings. The van der Waals surface area contributed by atoms with Crippen LogP contribution in [-0.4, -0.2) is 36.0 Å². The average molecular weight is 330 g/mol. The number of aliphatic hydroxyl groups is 1. The zero-order valence-electron chi connectivity index (χ0n) is 14.6. The van der Waals surface area contributed by atoms with E-state index < -0.39 is 17.6 Å². The smallest absolute Gasteiger partial charge is 0.315 e. The van der Waals surface area contributed by atoms with Crippen molar-refractivity contribution in [3.05, 3.63) is 35.9 Å². The Morgan fingerprint density at radius 2 is 2.04 bits per heavy atom. The van der Waals surface area contributed by atoms with Crippen molar-refractivity contribution in [3.8, 4) is 11.8 Å². The van der Waals surface area contributed by atoms with Crippen LogP contribution in [0.4, 0.5) is 0 Å². The molecule has 0 radical (unpaired) electrons. The van der Waals surface area contributed by atoms with Gasteiger partial charge in [0.2, 0.25) is 0 Å². The van der Waals surface area contributed by atoms with Gasteiger partial charge < -0.3 is 14.6 Å². The van der Waals surface area contributed by atoms with E-state index >= 15 is 0 Å². The molecule has 0 aromatic heterocycles. The van der Waals surface area contributed by atoms with Gasteiger partial charge in [0.1, 0.15) is 6.10 Å². The Morgan fingerprint density at radius 1 is 1.33 bits per heavy atom. The van der Waals surface area contributed by atoms with E-state index in [1.54, 1.807) is 20.8 Å². The van der Waals surface area contributed by atoms with Crippen molar-refractivity contribution in [2.24, 2.45) is 5.41 Å². The lowest BCUT2D eigenvalue weighted by molar-refractivity contribution is -0.164. The predicted molar refractivity (Wildman–Crippen MR) is 92.3 cm³/mol. The summed E-state index contributed by atoms with van der Waals surface area (Å²) in [4.78, 5) is 12.3. The van der Waals surface area contributed by atoms with Crippen LogP contribution >= 0.6 is 0 Å². The predicted octanol–water partition coefficient (Wildman–Crippen LogP) is 2.93. The fraction of sp³-hybridized carbons (Fsp3) is 0.550. The molecule has 0 saturated heterocycles. The standard InChI is InChI=1S/C20H26O4/c1-4-23-19(22)20(2,3)18(24-17-12-8-11-16(17)21)14-13-15-9-6-5-7-10-15/h5-7,9-10,16-18,21H,4,8,11-12H2,1-3H3/t16-,17+,18+/m0/s1. The molecule has 0 unspecified atom stereocenters. The molecular weight excluding hydrogens is 304 g/mol. The van der Waals surface area contributed by atoms with Gasteiger partial charge in [-0.15, -0.1) is 0 Å². The van der Waals surface area contributed by atoms with E-state index in [0.29, 0.717) is 6.61 Å². The molecule has 3 atom stereocenters. The molecule has 1 N–H and O–H groups in total. The van der Waals surface area contributed by atoms with Gasteiger partial charge in [-0.1, -0.05) is 30.0 Å². The molecule has 1 fully saturated rings. The second-order valence-corrected chi connectivity index (χ2v) is 6.63. The van der Waals surface area contributed by atoms with Crippen LogP contribution in [0.2, 0.25) is 0 Å². The number of ether oxygens (including phenoxy) is 2.